The molecule has 0 bridgehead atoms. The van der Waals surface area contributed by atoms with Crippen LogP contribution in [0.2, 0.25) is 0 Å². The van der Waals surface area contributed by atoms with E-state index in [1.165, 1.54) is 31.3 Å². The van der Waals surface area contributed by atoms with Gasteiger partial charge in [-0.2, -0.15) is 0 Å². The first kappa shape index (κ1) is 19.4. The van der Waals surface area contributed by atoms with Crippen LogP contribution in [-0.4, -0.2) is 38.2 Å². The van der Waals surface area contributed by atoms with Gasteiger partial charge in [0.1, 0.15) is 6.54 Å². The summed E-state index contributed by atoms with van der Waals surface area (Å²) in [5.74, 6) is -0.397. The van der Waals surface area contributed by atoms with Gasteiger partial charge in [-0.1, -0.05) is 23.8 Å². The van der Waals surface area contributed by atoms with Crippen LogP contribution in [0.5, 0.6) is 0 Å². The third kappa shape index (κ3) is 4.16. The summed E-state index contributed by atoms with van der Waals surface area (Å²) >= 11 is 0. The van der Waals surface area contributed by atoms with Gasteiger partial charge in [0.05, 0.1) is 37.0 Å². The standard InChI is InChI=1S/C21H29N3O3/c1-13-8-9-16(14(2)11-13)19-18(20(25)27-4)17(22-21(26)23-19)12-24-10-6-5-7-15(24)3/h8-9,11,15,19H,5-7,10,12H2,1-4H3,(H2,22,23,26)/p+1/t15-,19-/m0/s1. The van der Waals surface area contributed by atoms with E-state index in [1.54, 1.807) is 0 Å². The third-order valence-corrected chi connectivity index (χ3v) is 5.78. The number of likely N-dealkylation sites (tertiary alicyclic amines) is 1. The highest BCUT2D eigenvalue weighted by molar-refractivity contribution is 5.95. The number of methoxy groups -OCH3 is 1. The number of benzene rings is 1. The fraction of sp³-hybridized carbons (Fsp3) is 0.524. The van der Waals surface area contributed by atoms with E-state index < -0.39 is 12.0 Å². The van der Waals surface area contributed by atoms with Crippen LogP contribution in [-0.2, 0) is 9.53 Å². The fourth-order valence-electron chi connectivity index (χ4n) is 4.23. The van der Waals surface area contributed by atoms with Crippen molar-refractivity contribution in [3.8, 4) is 0 Å². The topological polar surface area (TPSA) is 71.9 Å². The van der Waals surface area contributed by atoms with Crippen molar-refractivity contribution in [1.82, 2.24) is 10.6 Å². The highest BCUT2D eigenvalue weighted by Crippen LogP contribution is 2.30. The van der Waals surface area contributed by atoms with Gasteiger partial charge in [-0.3, -0.25) is 0 Å². The molecule has 2 amide bonds. The maximum Gasteiger partial charge on any atom is 0.338 e. The summed E-state index contributed by atoms with van der Waals surface area (Å²) in [4.78, 5) is 26.5. The first-order valence-electron chi connectivity index (χ1n) is 9.71. The molecular formula is C21H30N3O3+. The number of aryl methyl sites for hydroxylation is 2. The van der Waals surface area contributed by atoms with E-state index >= 15 is 0 Å². The average molecular weight is 372 g/mol. The van der Waals surface area contributed by atoms with Crippen LogP contribution in [0.25, 0.3) is 0 Å². The Hall–Kier alpha value is -2.34. The normalized spacial score (nSPS) is 25.6. The number of rotatable bonds is 4. The Bertz CT molecular complexity index is 772. The quantitative estimate of drug-likeness (QED) is 0.702. The van der Waals surface area contributed by atoms with Gasteiger partial charge in [-0.05, 0) is 51.2 Å². The van der Waals surface area contributed by atoms with Gasteiger partial charge in [-0.15, -0.1) is 0 Å². The molecule has 1 fully saturated rings. The predicted octanol–water partition coefficient (Wildman–Crippen LogP) is 1.54. The number of piperidine rings is 1. The Labute approximate surface area is 161 Å². The molecule has 2 heterocycles. The number of esters is 1. The summed E-state index contributed by atoms with van der Waals surface area (Å²) in [6, 6.07) is 5.79. The number of hydrogen-bond acceptors (Lipinski definition) is 3. The van der Waals surface area contributed by atoms with Crippen molar-refractivity contribution in [3.63, 3.8) is 0 Å². The van der Waals surface area contributed by atoms with E-state index in [0.29, 0.717) is 23.9 Å². The zero-order chi connectivity index (χ0) is 19.6. The number of carbonyl (C=O) groups excluding carboxylic acids is 2. The molecule has 0 radical (unpaired) electrons. The smallest absolute Gasteiger partial charge is 0.338 e. The molecule has 0 saturated carbocycles. The number of ether oxygens (including phenoxy) is 1. The lowest BCUT2D eigenvalue weighted by molar-refractivity contribution is -0.924. The van der Waals surface area contributed by atoms with Crippen molar-refractivity contribution in [2.24, 2.45) is 0 Å². The molecule has 27 heavy (non-hydrogen) atoms. The molecule has 3 N–H and O–H groups in total. The summed E-state index contributed by atoms with van der Waals surface area (Å²) in [5.41, 5.74) is 4.30. The van der Waals surface area contributed by atoms with Gasteiger partial charge in [0.25, 0.3) is 0 Å². The molecule has 2 aliphatic rings. The molecular weight excluding hydrogens is 342 g/mol. The minimum Gasteiger partial charge on any atom is -0.466 e. The average Bonchev–Trinajstić information content (AvgIpc) is 2.62. The molecule has 1 saturated heterocycles. The Morgan fingerprint density at radius 2 is 2.07 bits per heavy atom. The maximum absolute atomic E-state index is 12.7. The lowest BCUT2D eigenvalue weighted by Crippen LogP contribution is -3.16. The number of amides is 2. The van der Waals surface area contributed by atoms with Gasteiger partial charge in [0.15, 0.2) is 0 Å². The molecule has 1 unspecified atom stereocenters. The van der Waals surface area contributed by atoms with Crippen molar-refractivity contribution >= 4 is 12.0 Å². The second-order valence-electron chi connectivity index (χ2n) is 7.76. The molecule has 146 valence electrons. The molecule has 0 aliphatic carbocycles. The molecule has 0 spiro atoms. The van der Waals surface area contributed by atoms with Crippen molar-refractivity contribution < 1.29 is 19.2 Å². The van der Waals surface area contributed by atoms with E-state index in [-0.39, 0.29) is 6.03 Å². The second kappa shape index (κ2) is 8.13. The Morgan fingerprint density at radius 1 is 1.30 bits per heavy atom. The molecule has 6 heteroatoms. The third-order valence-electron chi connectivity index (χ3n) is 5.78. The lowest BCUT2D eigenvalue weighted by Gasteiger charge is -2.34. The molecule has 1 aromatic rings. The summed E-state index contributed by atoms with van der Waals surface area (Å²) in [6.45, 7) is 7.94. The lowest BCUT2D eigenvalue weighted by atomic mass is 9.91. The first-order chi connectivity index (χ1) is 12.9. The second-order valence-corrected chi connectivity index (χ2v) is 7.76. The van der Waals surface area contributed by atoms with Crippen LogP contribution >= 0.6 is 0 Å². The van der Waals surface area contributed by atoms with Crippen LogP contribution in [0, 0.1) is 13.8 Å². The van der Waals surface area contributed by atoms with Gasteiger partial charge in [0, 0.05) is 0 Å². The van der Waals surface area contributed by atoms with Crippen LogP contribution in [0.1, 0.15) is 48.9 Å². The molecule has 0 aromatic heterocycles. The van der Waals surface area contributed by atoms with Crippen LogP contribution in [0.4, 0.5) is 4.79 Å². The highest BCUT2D eigenvalue weighted by Gasteiger charge is 2.36. The van der Waals surface area contributed by atoms with Crippen molar-refractivity contribution in [2.45, 2.75) is 52.1 Å². The van der Waals surface area contributed by atoms with Crippen LogP contribution in [0.15, 0.2) is 29.5 Å². The minimum atomic E-state index is -0.499. The van der Waals surface area contributed by atoms with E-state index in [4.69, 9.17) is 4.74 Å². The minimum absolute atomic E-state index is 0.272. The predicted molar refractivity (Wildman–Crippen MR) is 103 cm³/mol. The monoisotopic (exact) mass is 372 g/mol. The highest BCUT2D eigenvalue weighted by atomic mass is 16.5. The van der Waals surface area contributed by atoms with E-state index in [2.05, 4.69) is 23.6 Å². The SMILES string of the molecule is COC(=O)C1=C(C[NH+]2CCCC[C@@H]2C)NC(=O)N[C@H]1c1ccc(C)cc1C. The largest absolute Gasteiger partial charge is 0.466 e. The van der Waals surface area contributed by atoms with Gasteiger partial charge < -0.3 is 20.3 Å². The Balaban J connectivity index is 2.03. The van der Waals surface area contributed by atoms with Crippen LogP contribution in [0.3, 0.4) is 0 Å². The van der Waals surface area contributed by atoms with E-state index in [0.717, 1.165) is 23.2 Å². The van der Waals surface area contributed by atoms with Gasteiger partial charge in [-0.25, -0.2) is 9.59 Å². The number of nitrogens with one attached hydrogen (secondary N) is 3. The molecule has 1 aromatic carbocycles. The van der Waals surface area contributed by atoms with Crippen molar-refractivity contribution in [3.05, 3.63) is 46.2 Å². The first-order valence-corrected chi connectivity index (χ1v) is 9.71. The molecule has 3 rings (SSSR count). The molecule has 6 nitrogen and oxygen atoms in total. The van der Waals surface area contributed by atoms with Crippen molar-refractivity contribution in [1.29, 1.82) is 0 Å². The zero-order valence-electron chi connectivity index (χ0n) is 16.6. The summed E-state index contributed by atoms with van der Waals surface area (Å²) in [6.07, 6.45) is 3.59. The van der Waals surface area contributed by atoms with E-state index in [1.807, 2.05) is 26.0 Å². The van der Waals surface area contributed by atoms with Crippen LogP contribution < -0.4 is 15.5 Å². The molecule has 2 aliphatic heterocycles. The number of hydrogen-bond donors (Lipinski definition) is 3. The van der Waals surface area contributed by atoms with Gasteiger partial charge in [0.2, 0.25) is 0 Å². The number of quaternary nitrogens is 1. The maximum atomic E-state index is 12.7. The van der Waals surface area contributed by atoms with E-state index in [9.17, 15) is 9.59 Å². The Kier molecular flexibility index (Phi) is 5.85. The van der Waals surface area contributed by atoms with Crippen molar-refractivity contribution in [2.75, 3.05) is 20.2 Å². The molecule has 3 atom stereocenters. The zero-order valence-corrected chi connectivity index (χ0v) is 16.6. The summed E-state index contributed by atoms with van der Waals surface area (Å²) in [5, 5.41) is 5.81. The number of urea groups is 1. The Morgan fingerprint density at radius 3 is 2.74 bits per heavy atom. The van der Waals surface area contributed by atoms with Gasteiger partial charge >= 0.3 is 12.0 Å². The number of carbonyl (C=O) groups is 2. The summed E-state index contributed by atoms with van der Waals surface area (Å²) < 4.78 is 5.09. The summed E-state index contributed by atoms with van der Waals surface area (Å²) in [7, 11) is 1.39. The fourth-order valence-corrected chi connectivity index (χ4v) is 4.23.